The van der Waals surface area contributed by atoms with Gasteiger partial charge in [-0.05, 0) is 42.5 Å². The predicted molar refractivity (Wildman–Crippen MR) is 203 cm³/mol. The molecular formula is C44H28N6. The molecule has 10 aromatic rings. The average molecular weight is 641 g/mol. The molecule has 50 heavy (non-hydrogen) atoms. The molecule has 6 nitrogen and oxygen atoms in total. The Balaban J connectivity index is 1.20. The molecule has 0 atom stereocenters. The van der Waals surface area contributed by atoms with Crippen LogP contribution in [-0.4, -0.2) is 29.1 Å². The van der Waals surface area contributed by atoms with Crippen molar-refractivity contribution in [2.45, 2.75) is 0 Å². The zero-order valence-electron chi connectivity index (χ0n) is 26.8. The van der Waals surface area contributed by atoms with Gasteiger partial charge in [-0.25, -0.2) is 9.97 Å². The summed E-state index contributed by atoms with van der Waals surface area (Å²) in [5.74, 6) is 1.78. The van der Waals surface area contributed by atoms with E-state index in [1.807, 2.05) is 48.5 Å². The van der Waals surface area contributed by atoms with Crippen molar-refractivity contribution in [3.63, 3.8) is 0 Å². The molecule has 6 heteroatoms. The van der Waals surface area contributed by atoms with E-state index in [1.165, 1.54) is 0 Å². The number of pyridine rings is 1. The average Bonchev–Trinajstić information content (AvgIpc) is 3.71. The van der Waals surface area contributed by atoms with E-state index in [4.69, 9.17) is 19.9 Å². The van der Waals surface area contributed by atoms with Crippen LogP contribution in [0.4, 0.5) is 0 Å². The van der Waals surface area contributed by atoms with Crippen molar-refractivity contribution in [1.29, 1.82) is 0 Å². The van der Waals surface area contributed by atoms with E-state index in [0.29, 0.717) is 17.6 Å². The van der Waals surface area contributed by atoms with Crippen LogP contribution in [0.1, 0.15) is 0 Å². The van der Waals surface area contributed by atoms with E-state index in [0.717, 1.165) is 71.8 Å². The second-order valence-electron chi connectivity index (χ2n) is 12.4. The zero-order chi connectivity index (χ0) is 33.0. The molecule has 0 fully saturated rings. The molecule has 10 rings (SSSR count). The molecule has 0 aliphatic rings. The van der Waals surface area contributed by atoms with Crippen LogP contribution >= 0.6 is 0 Å². The fourth-order valence-corrected chi connectivity index (χ4v) is 7.10. The van der Waals surface area contributed by atoms with Gasteiger partial charge in [-0.2, -0.15) is 9.97 Å². The Labute approximate surface area is 287 Å². The minimum Gasteiger partial charge on any atom is -0.294 e. The molecule has 4 heterocycles. The largest absolute Gasteiger partial charge is 0.294 e. The lowest BCUT2D eigenvalue weighted by atomic mass is 10.1. The van der Waals surface area contributed by atoms with Gasteiger partial charge < -0.3 is 0 Å². The monoisotopic (exact) mass is 640 g/mol. The fraction of sp³-hybridized carbons (Fsp3) is 0. The first-order valence-electron chi connectivity index (χ1n) is 16.7. The highest BCUT2D eigenvalue weighted by Gasteiger charge is 2.19. The summed E-state index contributed by atoms with van der Waals surface area (Å²) < 4.78 is 4.39. The summed E-state index contributed by atoms with van der Waals surface area (Å²) in [6.07, 6.45) is 0. The number of hydrogen-bond acceptors (Lipinski definition) is 4. The van der Waals surface area contributed by atoms with Crippen LogP contribution in [0.15, 0.2) is 170 Å². The van der Waals surface area contributed by atoms with E-state index in [1.54, 1.807) is 0 Å². The summed E-state index contributed by atoms with van der Waals surface area (Å²) in [4.78, 5) is 20.6. The number of benzene rings is 6. The number of rotatable bonds is 5. The predicted octanol–water partition coefficient (Wildman–Crippen LogP) is 10.5. The lowest BCUT2D eigenvalue weighted by molar-refractivity contribution is 0.953. The van der Waals surface area contributed by atoms with Crippen LogP contribution in [-0.2, 0) is 0 Å². The second kappa shape index (κ2) is 11.4. The Kier molecular flexibility index (Phi) is 6.39. The molecule has 0 saturated heterocycles. The van der Waals surface area contributed by atoms with Gasteiger partial charge >= 0.3 is 0 Å². The summed E-state index contributed by atoms with van der Waals surface area (Å²) in [7, 11) is 0. The van der Waals surface area contributed by atoms with E-state index in [-0.39, 0.29) is 0 Å². The van der Waals surface area contributed by atoms with Crippen molar-refractivity contribution in [3.05, 3.63) is 170 Å². The normalized spacial score (nSPS) is 11.6. The minimum atomic E-state index is 0.572. The highest BCUT2D eigenvalue weighted by Crippen LogP contribution is 2.35. The third-order valence-corrected chi connectivity index (χ3v) is 9.39. The maximum Gasteiger partial charge on any atom is 0.238 e. The lowest BCUT2D eigenvalue weighted by Crippen LogP contribution is -2.06. The Morgan fingerprint density at radius 3 is 1.52 bits per heavy atom. The quantitative estimate of drug-likeness (QED) is 0.188. The van der Waals surface area contributed by atoms with Gasteiger partial charge in [0.25, 0.3) is 0 Å². The molecular weight excluding hydrogens is 613 g/mol. The van der Waals surface area contributed by atoms with Gasteiger partial charge in [0.2, 0.25) is 5.95 Å². The third-order valence-electron chi connectivity index (χ3n) is 9.39. The SMILES string of the molecule is c1ccc(-c2ccc3c4ccccc4n(-c4cccc(-c5nc(-c6ccccc6)nc(-n6c7ccccc7c7ccccc76)n5)c4)c3n2)cc1. The van der Waals surface area contributed by atoms with E-state index < -0.39 is 0 Å². The first-order chi connectivity index (χ1) is 24.8. The Hall–Kier alpha value is -6.92. The molecule has 0 N–H and O–H groups in total. The summed E-state index contributed by atoms with van der Waals surface area (Å²) in [5, 5.41) is 4.56. The van der Waals surface area contributed by atoms with Crippen molar-refractivity contribution in [1.82, 2.24) is 29.1 Å². The van der Waals surface area contributed by atoms with Crippen molar-refractivity contribution in [3.8, 4) is 45.7 Å². The molecule has 0 amide bonds. The standard InChI is InChI=1S/C44H28N6/c1-3-14-29(15-4-1)37-27-26-36-35-22-9-10-23-38(35)49(43(36)45-37)32-19-13-18-31(28-32)42-46-41(30-16-5-2-6-17-30)47-44(48-42)50-39-24-11-7-20-33(39)34-21-8-12-25-40(34)50/h1-28H. The first kappa shape index (κ1) is 28.1. The van der Waals surface area contributed by atoms with Gasteiger partial charge in [-0.15, -0.1) is 0 Å². The van der Waals surface area contributed by atoms with E-state index in [2.05, 4.69) is 130 Å². The Bertz CT molecular complexity index is 2820. The van der Waals surface area contributed by atoms with Gasteiger partial charge in [0.05, 0.1) is 22.2 Å². The lowest BCUT2D eigenvalue weighted by Gasteiger charge is -2.12. The van der Waals surface area contributed by atoms with Crippen LogP contribution < -0.4 is 0 Å². The van der Waals surface area contributed by atoms with Crippen molar-refractivity contribution in [2.75, 3.05) is 0 Å². The number of para-hydroxylation sites is 3. The second-order valence-corrected chi connectivity index (χ2v) is 12.4. The summed E-state index contributed by atoms with van der Waals surface area (Å²) in [5.41, 5.74) is 8.87. The molecule has 0 spiro atoms. The van der Waals surface area contributed by atoms with Crippen molar-refractivity contribution in [2.24, 2.45) is 0 Å². The van der Waals surface area contributed by atoms with Crippen LogP contribution in [0.25, 0.3) is 89.4 Å². The zero-order valence-corrected chi connectivity index (χ0v) is 26.8. The maximum absolute atomic E-state index is 5.24. The molecule has 0 aliphatic carbocycles. The smallest absolute Gasteiger partial charge is 0.238 e. The highest BCUT2D eigenvalue weighted by molar-refractivity contribution is 6.09. The van der Waals surface area contributed by atoms with Crippen LogP contribution in [0.3, 0.4) is 0 Å². The number of aromatic nitrogens is 6. The maximum atomic E-state index is 5.24. The highest BCUT2D eigenvalue weighted by atomic mass is 15.2. The minimum absolute atomic E-state index is 0.572. The fourth-order valence-electron chi connectivity index (χ4n) is 7.10. The molecule has 0 unspecified atom stereocenters. The molecule has 0 saturated carbocycles. The Morgan fingerprint density at radius 1 is 0.340 bits per heavy atom. The van der Waals surface area contributed by atoms with E-state index in [9.17, 15) is 0 Å². The first-order valence-corrected chi connectivity index (χ1v) is 16.7. The van der Waals surface area contributed by atoms with Gasteiger partial charge in [0.15, 0.2) is 11.6 Å². The Morgan fingerprint density at radius 2 is 0.860 bits per heavy atom. The number of fused-ring (bicyclic) bond motifs is 6. The van der Waals surface area contributed by atoms with Crippen LogP contribution in [0.5, 0.6) is 0 Å². The number of nitrogens with zero attached hydrogens (tertiary/aromatic N) is 6. The molecule has 0 bridgehead atoms. The van der Waals surface area contributed by atoms with Gasteiger partial charge in [0, 0.05) is 43.9 Å². The third kappa shape index (κ3) is 4.50. The molecule has 234 valence electrons. The van der Waals surface area contributed by atoms with Gasteiger partial charge in [-0.1, -0.05) is 127 Å². The topological polar surface area (TPSA) is 61.4 Å². The molecule has 0 radical (unpaired) electrons. The van der Waals surface area contributed by atoms with Gasteiger partial charge in [0.1, 0.15) is 5.65 Å². The number of hydrogen-bond donors (Lipinski definition) is 0. The van der Waals surface area contributed by atoms with Crippen molar-refractivity contribution >= 4 is 43.7 Å². The summed E-state index contributed by atoms with van der Waals surface area (Å²) >= 11 is 0. The van der Waals surface area contributed by atoms with Gasteiger partial charge in [-0.3, -0.25) is 9.13 Å². The van der Waals surface area contributed by atoms with Crippen LogP contribution in [0, 0.1) is 0 Å². The summed E-state index contributed by atoms with van der Waals surface area (Å²) in [6, 6.07) is 58.5. The van der Waals surface area contributed by atoms with Crippen LogP contribution in [0.2, 0.25) is 0 Å². The molecule has 4 aromatic heterocycles. The van der Waals surface area contributed by atoms with Crippen molar-refractivity contribution < 1.29 is 0 Å². The summed E-state index contributed by atoms with van der Waals surface area (Å²) in [6.45, 7) is 0. The molecule has 6 aromatic carbocycles. The van der Waals surface area contributed by atoms with E-state index >= 15 is 0 Å². The molecule has 0 aliphatic heterocycles.